The quantitative estimate of drug-likeness (QED) is 0.925. The minimum atomic E-state index is -0.318. The molecule has 1 aromatic heterocycles. The normalized spacial score (nSPS) is 12.2. The first kappa shape index (κ1) is 12.8. The molecule has 1 unspecified atom stereocenters. The number of hydrogen-bond donors (Lipinski definition) is 1. The van der Waals surface area contributed by atoms with Crippen molar-refractivity contribution < 1.29 is 13.9 Å². The van der Waals surface area contributed by atoms with Gasteiger partial charge in [0.15, 0.2) is 11.5 Å². The molecule has 0 aliphatic heterocycles. The Morgan fingerprint density at radius 1 is 1.22 bits per heavy atom. The zero-order chi connectivity index (χ0) is 13.1. The zero-order valence-corrected chi connectivity index (χ0v) is 10.9. The van der Waals surface area contributed by atoms with Crippen molar-refractivity contribution >= 4 is 11.6 Å². The van der Waals surface area contributed by atoms with E-state index in [0.29, 0.717) is 16.5 Å². The highest BCUT2D eigenvalue weighted by atomic mass is 35.5. The van der Waals surface area contributed by atoms with E-state index in [1.165, 1.54) is 0 Å². The Balaban J connectivity index is 2.43. The summed E-state index contributed by atoms with van der Waals surface area (Å²) in [5.41, 5.74) is 7.84. The van der Waals surface area contributed by atoms with Crippen molar-refractivity contribution in [3.63, 3.8) is 0 Å². The fraction of sp³-hybridized carbons (Fsp3) is 0.231. The van der Waals surface area contributed by atoms with Crippen molar-refractivity contribution in [2.75, 3.05) is 14.2 Å². The van der Waals surface area contributed by atoms with E-state index in [-0.39, 0.29) is 6.04 Å². The molecule has 0 spiro atoms. The molecule has 0 saturated heterocycles. The first-order chi connectivity index (χ1) is 8.67. The summed E-state index contributed by atoms with van der Waals surface area (Å²) in [4.78, 5) is 0. The third-order valence-corrected chi connectivity index (χ3v) is 3.00. The number of benzene rings is 1. The number of ether oxygens (including phenoxy) is 2. The van der Waals surface area contributed by atoms with Crippen molar-refractivity contribution in [2.24, 2.45) is 5.73 Å². The maximum Gasteiger partial charge on any atom is 0.179 e. The molecule has 0 radical (unpaired) electrons. The van der Waals surface area contributed by atoms with E-state index in [2.05, 4.69) is 0 Å². The molecule has 96 valence electrons. The molecular weight excluding hydrogens is 254 g/mol. The summed E-state index contributed by atoms with van der Waals surface area (Å²) in [5, 5.41) is 0.464. The van der Waals surface area contributed by atoms with Gasteiger partial charge in [0.1, 0.15) is 0 Å². The highest BCUT2D eigenvalue weighted by molar-refractivity contribution is 6.32. The summed E-state index contributed by atoms with van der Waals surface area (Å²) < 4.78 is 15.4. The predicted molar refractivity (Wildman–Crippen MR) is 69.3 cm³/mol. The monoisotopic (exact) mass is 267 g/mol. The van der Waals surface area contributed by atoms with Gasteiger partial charge in [-0.3, -0.25) is 0 Å². The second-order valence-corrected chi connectivity index (χ2v) is 4.18. The van der Waals surface area contributed by atoms with Crippen LogP contribution in [0.3, 0.4) is 0 Å². The molecule has 0 bridgehead atoms. The Kier molecular flexibility index (Phi) is 3.79. The van der Waals surface area contributed by atoms with Crippen LogP contribution in [0.25, 0.3) is 0 Å². The average Bonchev–Trinajstić information content (AvgIpc) is 2.90. The fourth-order valence-corrected chi connectivity index (χ4v) is 2.06. The lowest BCUT2D eigenvalue weighted by molar-refractivity contribution is 0.354. The standard InChI is InChI=1S/C13H14ClNO3/c1-16-11-6-9(5-10(14)13(11)17-2)12(15)8-3-4-18-7-8/h3-7,12H,15H2,1-2H3. The van der Waals surface area contributed by atoms with E-state index in [9.17, 15) is 0 Å². The molecule has 0 aliphatic carbocycles. The second-order valence-electron chi connectivity index (χ2n) is 3.77. The predicted octanol–water partition coefficient (Wildman–Crippen LogP) is 3.00. The Morgan fingerprint density at radius 2 is 2.00 bits per heavy atom. The summed E-state index contributed by atoms with van der Waals surface area (Å²) in [6.45, 7) is 0. The molecule has 18 heavy (non-hydrogen) atoms. The van der Waals surface area contributed by atoms with Gasteiger partial charge in [0.2, 0.25) is 0 Å². The highest BCUT2D eigenvalue weighted by Gasteiger charge is 2.16. The van der Waals surface area contributed by atoms with Crippen LogP contribution in [0, 0.1) is 0 Å². The van der Waals surface area contributed by atoms with Gasteiger partial charge in [-0.05, 0) is 23.8 Å². The maximum absolute atomic E-state index is 6.13. The number of rotatable bonds is 4. The van der Waals surface area contributed by atoms with Crippen LogP contribution in [0.5, 0.6) is 11.5 Å². The number of hydrogen-bond acceptors (Lipinski definition) is 4. The molecular formula is C13H14ClNO3. The third kappa shape index (κ3) is 2.30. The first-order valence-corrected chi connectivity index (χ1v) is 5.74. The average molecular weight is 268 g/mol. The molecule has 4 nitrogen and oxygen atoms in total. The van der Waals surface area contributed by atoms with Crippen LogP contribution in [0.4, 0.5) is 0 Å². The van der Waals surface area contributed by atoms with Gasteiger partial charge in [0, 0.05) is 5.56 Å². The lowest BCUT2D eigenvalue weighted by Crippen LogP contribution is -2.11. The van der Waals surface area contributed by atoms with E-state index in [1.807, 2.05) is 12.1 Å². The fourth-order valence-electron chi connectivity index (χ4n) is 1.76. The summed E-state index contributed by atoms with van der Waals surface area (Å²) in [5.74, 6) is 1.06. The first-order valence-electron chi connectivity index (χ1n) is 5.36. The second kappa shape index (κ2) is 5.33. The van der Waals surface area contributed by atoms with E-state index >= 15 is 0 Å². The van der Waals surface area contributed by atoms with E-state index in [4.69, 9.17) is 31.2 Å². The van der Waals surface area contributed by atoms with E-state index in [0.717, 1.165) is 11.1 Å². The molecule has 5 heteroatoms. The highest BCUT2D eigenvalue weighted by Crippen LogP contribution is 2.38. The maximum atomic E-state index is 6.13. The molecule has 2 N–H and O–H groups in total. The SMILES string of the molecule is COc1cc(C(N)c2ccoc2)cc(Cl)c1OC. The summed E-state index contributed by atoms with van der Waals surface area (Å²) in [7, 11) is 3.10. The Bertz CT molecular complexity index is 525. The van der Waals surface area contributed by atoms with Gasteiger partial charge in [-0.1, -0.05) is 11.6 Å². The van der Waals surface area contributed by atoms with Crippen molar-refractivity contribution in [3.8, 4) is 11.5 Å². The van der Waals surface area contributed by atoms with Crippen molar-refractivity contribution in [3.05, 3.63) is 46.9 Å². The van der Waals surface area contributed by atoms with Gasteiger partial charge in [-0.25, -0.2) is 0 Å². The van der Waals surface area contributed by atoms with Crippen LogP contribution in [0.2, 0.25) is 5.02 Å². The van der Waals surface area contributed by atoms with Crippen LogP contribution in [0.15, 0.2) is 35.1 Å². The van der Waals surface area contributed by atoms with E-state index in [1.54, 1.807) is 32.8 Å². The van der Waals surface area contributed by atoms with Gasteiger partial charge >= 0.3 is 0 Å². The Hall–Kier alpha value is -1.65. The molecule has 0 saturated carbocycles. The lowest BCUT2D eigenvalue weighted by Gasteiger charge is -2.15. The number of furan rings is 1. The van der Waals surface area contributed by atoms with Crippen molar-refractivity contribution in [1.29, 1.82) is 0 Å². The molecule has 1 aromatic carbocycles. The van der Waals surface area contributed by atoms with Gasteiger partial charge < -0.3 is 19.6 Å². The van der Waals surface area contributed by atoms with Crippen molar-refractivity contribution in [2.45, 2.75) is 6.04 Å². The smallest absolute Gasteiger partial charge is 0.179 e. The molecule has 0 amide bonds. The molecule has 2 aromatic rings. The minimum Gasteiger partial charge on any atom is -0.493 e. The van der Waals surface area contributed by atoms with Crippen molar-refractivity contribution in [1.82, 2.24) is 0 Å². The molecule has 2 rings (SSSR count). The minimum absolute atomic E-state index is 0.318. The zero-order valence-electron chi connectivity index (χ0n) is 10.1. The molecule has 0 fully saturated rings. The van der Waals surface area contributed by atoms with Crippen LogP contribution in [-0.4, -0.2) is 14.2 Å². The summed E-state index contributed by atoms with van der Waals surface area (Å²) in [6, 6.07) is 5.07. The number of halogens is 1. The summed E-state index contributed by atoms with van der Waals surface area (Å²) in [6.07, 6.45) is 3.19. The van der Waals surface area contributed by atoms with Crippen LogP contribution < -0.4 is 15.2 Å². The Labute approximate surface area is 110 Å². The van der Waals surface area contributed by atoms with Crippen LogP contribution >= 0.6 is 11.6 Å². The molecule has 0 aliphatic rings. The van der Waals surface area contributed by atoms with Gasteiger partial charge in [-0.15, -0.1) is 0 Å². The summed E-state index contributed by atoms with van der Waals surface area (Å²) >= 11 is 6.13. The van der Waals surface area contributed by atoms with E-state index < -0.39 is 0 Å². The Morgan fingerprint density at radius 3 is 2.56 bits per heavy atom. The molecule has 1 atom stereocenters. The topological polar surface area (TPSA) is 57.6 Å². The van der Waals surface area contributed by atoms with Gasteiger partial charge in [0.25, 0.3) is 0 Å². The van der Waals surface area contributed by atoms with Gasteiger partial charge in [0.05, 0.1) is 37.8 Å². The van der Waals surface area contributed by atoms with Gasteiger partial charge in [-0.2, -0.15) is 0 Å². The number of methoxy groups -OCH3 is 2. The number of nitrogens with two attached hydrogens (primary N) is 1. The molecule has 1 heterocycles. The van der Waals surface area contributed by atoms with Crippen LogP contribution in [0.1, 0.15) is 17.2 Å². The lowest BCUT2D eigenvalue weighted by atomic mass is 10.0. The third-order valence-electron chi connectivity index (χ3n) is 2.72. The largest absolute Gasteiger partial charge is 0.493 e. The van der Waals surface area contributed by atoms with Crippen LogP contribution in [-0.2, 0) is 0 Å².